The van der Waals surface area contributed by atoms with E-state index in [1.165, 1.54) is 50.6 Å². The van der Waals surface area contributed by atoms with Crippen molar-refractivity contribution < 1.29 is 22.3 Å². The molecule has 0 aromatic heterocycles. The molecule has 6 nitrogen and oxygen atoms in total. The summed E-state index contributed by atoms with van der Waals surface area (Å²) in [5.74, 6) is -1.01. The first-order chi connectivity index (χ1) is 11.7. The van der Waals surface area contributed by atoms with Crippen molar-refractivity contribution >= 4 is 33.2 Å². The fourth-order valence-corrected chi connectivity index (χ4v) is 3.62. The molecule has 0 bridgehead atoms. The average Bonchev–Trinajstić information content (AvgIpc) is 2.54. The molecule has 0 aliphatic heterocycles. The fourth-order valence-electron chi connectivity index (χ4n) is 2.07. The van der Waals surface area contributed by atoms with E-state index in [0.29, 0.717) is 0 Å². The lowest BCUT2D eigenvalue weighted by molar-refractivity contribution is -0.116. The highest BCUT2D eigenvalue weighted by atomic mass is 35.5. The van der Waals surface area contributed by atoms with Crippen molar-refractivity contribution in [2.45, 2.75) is 4.90 Å². The Morgan fingerprint density at radius 1 is 1.28 bits per heavy atom. The third-order valence-corrected chi connectivity index (χ3v) is 5.35. The quantitative estimate of drug-likeness (QED) is 0.828. The normalized spacial score (nSPS) is 11.4. The van der Waals surface area contributed by atoms with Crippen LogP contribution in [-0.2, 0) is 14.8 Å². The van der Waals surface area contributed by atoms with Crippen LogP contribution < -0.4 is 10.1 Å². The SMILES string of the molecule is COc1ccc(Cl)cc1S(=O)(=O)N(C)CC(=O)Nc1cccc(F)c1. The topological polar surface area (TPSA) is 75.7 Å². The maximum absolute atomic E-state index is 13.1. The van der Waals surface area contributed by atoms with Crippen LogP contribution >= 0.6 is 11.6 Å². The molecule has 0 spiro atoms. The lowest BCUT2D eigenvalue weighted by Crippen LogP contribution is -2.35. The number of carbonyl (C=O) groups is 1. The number of methoxy groups -OCH3 is 1. The van der Waals surface area contributed by atoms with E-state index in [4.69, 9.17) is 16.3 Å². The summed E-state index contributed by atoms with van der Waals surface area (Å²) >= 11 is 5.86. The zero-order valence-corrected chi connectivity index (χ0v) is 15.1. The van der Waals surface area contributed by atoms with Crippen LogP contribution in [0.5, 0.6) is 5.75 Å². The number of benzene rings is 2. The standard InChI is InChI=1S/C16H16ClFN2O4S/c1-20(10-16(21)19-13-5-3-4-12(18)9-13)25(22,23)15-8-11(17)6-7-14(15)24-2/h3-9H,10H2,1-2H3,(H,19,21). The summed E-state index contributed by atoms with van der Waals surface area (Å²) in [5, 5.41) is 2.65. The molecule has 0 aliphatic rings. The van der Waals surface area contributed by atoms with E-state index in [-0.39, 0.29) is 21.4 Å². The number of likely N-dealkylation sites (N-methyl/N-ethyl adjacent to an activating group) is 1. The molecular formula is C16H16ClFN2O4S. The number of amides is 1. The van der Waals surface area contributed by atoms with Crippen LogP contribution in [-0.4, -0.2) is 39.3 Å². The summed E-state index contributed by atoms with van der Waals surface area (Å²) in [6.45, 7) is -0.464. The van der Waals surface area contributed by atoms with Crippen LogP contribution in [0.25, 0.3) is 0 Å². The minimum Gasteiger partial charge on any atom is -0.495 e. The Morgan fingerprint density at radius 3 is 2.64 bits per heavy atom. The summed E-state index contributed by atoms with van der Waals surface area (Å²) < 4.78 is 44.3. The molecule has 0 fully saturated rings. The van der Waals surface area contributed by atoms with Crippen LogP contribution in [0, 0.1) is 5.82 Å². The van der Waals surface area contributed by atoms with Gasteiger partial charge in [0, 0.05) is 17.8 Å². The van der Waals surface area contributed by atoms with E-state index in [0.717, 1.165) is 10.4 Å². The van der Waals surface area contributed by atoms with Gasteiger partial charge in [0.15, 0.2) is 0 Å². The summed E-state index contributed by atoms with van der Waals surface area (Å²) in [4.78, 5) is 11.9. The Labute approximate surface area is 150 Å². The van der Waals surface area contributed by atoms with Gasteiger partial charge >= 0.3 is 0 Å². The van der Waals surface area contributed by atoms with E-state index < -0.39 is 28.3 Å². The maximum Gasteiger partial charge on any atom is 0.247 e. The third kappa shape index (κ3) is 4.68. The molecular weight excluding hydrogens is 371 g/mol. The predicted molar refractivity (Wildman–Crippen MR) is 92.8 cm³/mol. The van der Waals surface area contributed by atoms with E-state index in [1.54, 1.807) is 0 Å². The fraction of sp³-hybridized carbons (Fsp3) is 0.188. The molecule has 0 heterocycles. The number of carbonyl (C=O) groups excluding carboxylic acids is 1. The summed E-state index contributed by atoms with van der Waals surface area (Å²) in [5.41, 5.74) is 0.233. The van der Waals surface area contributed by atoms with Crippen molar-refractivity contribution in [3.8, 4) is 5.75 Å². The minimum absolute atomic E-state index is 0.113. The highest BCUT2D eigenvalue weighted by Gasteiger charge is 2.26. The summed E-state index contributed by atoms with van der Waals surface area (Å²) in [6, 6.07) is 9.46. The zero-order valence-electron chi connectivity index (χ0n) is 13.5. The van der Waals surface area contributed by atoms with Crippen molar-refractivity contribution in [2.24, 2.45) is 0 Å². The zero-order chi connectivity index (χ0) is 18.6. The maximum atomic E-state index is 13.1. The van der Waals surface area contributed by atoms with Crippen LogP contribution in [0.2, 0.25) is 5.02 Å². The summed E-state index contributed by atoms with van der Waals surface area (Å²) in [7, 11) is -1.43. The van der Waals surface area contributed by atoms with Crippen molar-refractivity contribution in [1.82, 2.24) is 4.31 Å². The van der Waals surface area contributed by atoms with Gasteiger partial charge in [0.05, 0.1) is 13.7 Å². The van der Waals surface area contributed by atoms with Gasteiger partial charge in [0.1, 0.15) is 16.5 Å². The lowest BCUT2D eigenvalue weighted by Gasteiger charge is -2.18. The Hall–Kier alpha value is -2.16. The molecule has 0 radical (unpaired) electrons. The molecule has 0 unspecified atom stereocenters. The molecule has 2 aromatic rings. The molecule has 0 saturated heterocycles. The molecule has 1 amide bonds. The van der Waals surface area contributed by atoms with Gasteiger partial charge in [-0.25, -0.2) is 12.8 Å². The number of ether oxygens (including phenoxy) is 1. The number of halogens is 2. The summed E-state index contributed by atoms with van der Waals surface area (Å²) in [6.07, 6.45) is 0. The Kier molecular flexibility index (Phi) is 5.99. The largest absolute Gasteiger partial charge is 0.495 e. The molecule has 1 N–H and O–H groups in total. The van der Waals surface area contributed by atoms with Crippen LogP contribution in [0.4, 0.5) is 10.1 Å². The van der Waals surface area contributed by atoms with E-state index in [9.17, 15) is 17.6 Å². The number of nitrogens with zero attached hydrogens (tertiary/aromatic N) is 1. The predicted octanol–water partition coefficient (Wildman–Crippen LogP) is 2.75. The molecule has 0 aliphatic carbocycles. The van der Waals surface area contributed by atoms with Crippen LogP contribution in [0.1, 0.15) is 0 Å². The van der Waals surface area contributed by atoms with Gasteiger partial charge in [-0.3, -0.25) is 4.79 Å². The number of nitrogens with one attached hydrogen (secondary N) is 1. The Morgan fingerprint density at radius 2 is 2.00 bits per heavy atom. The van der Waals surface area contributed by atoms with Gasteiger partial charge in [-0.1, -0.05) is 17.7 Å². The van der Waals surface area contributed by atoms with E-state index in [2.05, 4.69) is 5.32 Å². The minimum atomic E-state index is -4.01. The Bertz CT molecular complexity index is 889. The van der Waals surface area contributed by atoms with Gasteiger partial charge in [-0.2, -0.15) is 4.31 Å². The Balaban J connectivity index is 2.17. The van der Waals surface area contributed by atoms with E-state index >= 15 is 0 Å². The van der Waals surface area contributed by atoms with Crippen molar-refractivity contribution in [1.29, 1.82) is 0 Å². The number of hydrogen-bond acceptors (Lipinski definition) is 4. The molecule has 2 aromatic carbocycles. The highest BCUT2D eigenvalue weighted by Crippen LogP contribution is 2.29. The molecule has 9 heteroatoms. The first-order valence-electron chi connectivity index (χ1n) is 7.09. The van der Waals surface area contributed by atoms with Crippen LogP contribution in [0.15, 0.2) is 47.4 Å². The van der Waals surface area contributed by atoms with Gasteiger partial charge < -0.3 is 10.1 Å². The second-order valence-electron chi connectivity index (χ2n) is 5.11. The number of hydrogen-bond donors (Lipinski definition) is 1. The first-order valence-corrected chi connectivity index (χ1v) is 8.91. The second kappa shape index (κ2) is 7.81. The van der Waals surface area contributed by atoms with Gasteiger partial charge in [-0.05, 0) is 36.4 Å². The number of rotatable bonds is 6. The van der Waals surface area contributed by atoms with Gasteiger partial charge in [0.2, 0.25) is 15.9 Å². The van der Waals surface area contributed by atoms with Gasteiger partial charge in [-0.15, -0.1) is 0 Å². The molecule has 2 rings (SSSR count). The number of sulfonamides is 1. The molecule has 0 atom stereocenters. The molecule has 25 heavy (non-hydrogen) atoms. The third-order valence-electron chi connectivity index (χ3n) is 3.29. The van der Waals surface area contributed by atoms with Crippen molar-refractivity contribution in [2.75, 3.05) is 26.0 Å². The van der Waals surface area contributed by atoms with Crippen molar-refractivity contribution in [3.05, 3.63) is 53.3 Å². The first kappa shape index (κ1) is 19.2. The lowest BCUT2D eigenvalue weighted by atomic mass is 10.3. The number of anilines is 1. The second-order valence-corrected chi connectivity index (χ2v) is 7.56. The average molecular weight is 387 g/mol. The van der Waals surface area contributed by atoms with Crippen molar-refractivity contribution in [3.63, 3.8) is 0 Å². The molecule has 0 saturated carbocycles. The van der Waals surface area contributed by atoms with E-state index in [1.807, 2.05) is 0 Å². The smallest absolute Gasteiger partial charge is 0.247 e. The monoisotopic (exact) mass is 386 g/mol. The highest BCUT2D eigenvalue weighted by molar-refractivity contribution is 7.89. The van der Waals surface area contributed by atoms with Crippen LogP contribution in [0.3, 0.4) is 0 Å². The molecule has 134 valence electrons. The van der Waals surface area contributed by atoms with Gasteiger partial charge in [0.25, 0.3) is 0 Å².